The average Bonchev–Trinajstić information content (AvgIpc) is 3.02. The third kappa shape index (κ3) is 1.86. The Bertz CT molecular complexity index is 412. The van der Waals surface area contributed by atoms with Gasteiger partial charge in [0, 0.05) is 17.6 Å². The van der Waals surface area contributed by atoms with E-state index in [1.165, 1.54) is 38.8 Å². The highest BCUT2D eigenvalue weighted by Crippen LogP contribution is 2.52. The maximum atomic E-state index is 4.67. The topological polar surface area (TPSA) is 16.1 Å². The highest BCUT2D eigenvalue weighted by atomic mass is 79.9. The van der Waals surface area contributed by atoms with Crippen LogP contribution in [0.5, 0.6) is 0 Å². The number of hydrogen-bond acceptors (Lipinski definition) is 2. The fourth-order valence-corrected chi connectivity index (χ4v) is 2.92. The third-order valence-corrected chi connectivity index (χ3v) is 4.79. The van der Waals surface area contributed by atoms with Crippen molar-refractivity contribution in [2.45, 2.75) is 32.6 Å². The number of hydrogen-bond donors (Lipinski definition) is 0. The molecule has 86 valence electrons. The fourth-order valence-electron chi connectivity index (χ4n) is 2.70. The molecule has 1 aromatic rings. The van der Waals surface area contributed by atoms with Gasteiger partial charge in [-0.2, -0.15) is 0 Å². The van der Waals surface area contributed by atoms with E-state index in [9.17, 15) is 0 Å². The number of aryl methyl sites for hydroxylation is 1. The Hall–Kier alpha value is -0.570. The lowest BCUT2D eigenvalue weighted by Crippen LogP contribution is -2.37. The first-order valence-corrected chi connectivity index (χ1v) is 6.86. The Morgan fingerprint density at radius 3 is 2.81 bits per heavy atom. The summed E-state index contributed by atoms with van der Waals surface area (Å²) in [7, 11) is 0. The molecular weight excluding hydrogens is 264 g/mol. The summed E-state index contributed by atoms with van der Waals surface area (Å²) in [6, 6.07) is 4.25. The molecule has 1 aliphatic carbocycles. The number of aromatic nitrogens is 1. The van der Waals surface area contributed by atoms with Crippen LogP contribution in [-0.2, 0) is 0 Å². The normalized spacial score (nSPS) is 22.5. The van der Waals surface area contributed by atoms with E-state index in [0.717, 1.165) is 16.0 Å². The number of piperidine rings is 1. The van der Waals surface area contributed by atoms with Crippen molar-refractivity contribution in [2.24, 2.45) is 5.41 Å². The van der Waals surface area contributed by atoms with E-state index in [4.69, 9.17) is 0 Å². The monoisotopic (exact) mass is 280 g/mol. The zero-order valence-electron chi connectivity index (χ0n) is 9.67. The maximum Gasteiger partial charge on any atom is 0.128 e. The molecular formula is C13H17BrN2. The van der Waals surface area contributed by atoms with Crippen LogP contribution in [0, 0.1) is 12.3 Å². The molecule has 1 spiro atoms. The van der Waals surface area contributed by atoms with Gasteiger partial charge in [0.25, 0.3) is 0 Å². The summed E-state index contributed by atoms with van der Waals surface area (Å²) < 4.78 is 1.11. The summed E-state index contributed by atoms with van der Waals surface area (Å²) in [5, 5.41) is 0. The van der Waals surface area contributed by atoms with Gasteiger partial charge in [0.15, 0.2) is 0 Å². The van der Waals surface area contributed by atoms with E-state index in [1.807, 2.05) is 0 Å². The van der Waals surface area contributed by atoms with Crippen molar-refractivity contribution in [1.82, 2.24) is 4.98 Å². The van der Waals surface area contributed by atoms with Crippen molar-refractivity contribution in [2.75, 3.05) is 18.0 Å². The number of pyridine rings is 1. The molecule has 16 heavy (non-hydrogen) atoms. The zero-order valence-corrected chi connectivity index (χ0v) is 11.3. The van der Waals surface area contributed by atoms with Gasteiger partial charge in [0.2, 0.25) is 0 Å². The first-order valence-electron chi connectivity index (χ1n) is 6.07. The second kappa shape index (κ2) is 3.73. The number of anilines is 1. The molecule has 2 fully saturated rings. The predicted molar refractivity (Wildman–Crippen MR) is 69.8 cm³/mol. The molecule has 3 heteroatoms. The van der Waals surface area contributed by atoms with Crippen LogP contribution in [0.25, 0.3) is 0 Å². The van der Waals surface area contributed by atoms with Crippen LogP contribution in [-0.4, -0.2) is 18.1 Å². The highest BCUT2D eigenvalue weighted by Gasteiger charge is 2.45. The quantitative estimate of drug-likeness (QED) is 0.782. The fraction of sp³-hybridized carbons (Fsp3) is 0.615. The smallest absolute Gasteiger partial charge is 0.128 e. The van der Waals surface area contributed by atoms with E-state index >= 15 is 0 Å². The summed E-state index contributed by atoms with van der Waals surface area (Å²) in [5.41, 5.74) is 1.76. The number of halogens is 1. The lowest BCUT2D eigenvalue weighted by atomic mass is 9.95. The zero-order chi connectivity index (χ0) is 11.2. The van der Waals surface area contributed by atoms with Crippen molar-refractivity contribution in [3.8, 4) is 0 Å². The molecule has 0 amide bonds. The van der Waals surface area contributed by atoms with Crippen molar-refractivity contribution < 1.29 is 0 Å². The molecule has 2 aliphatic rings. The molecule has 2 heterocycles. The average molecular weight is 281 g/mol. The van der Waals surface area contributed by atoms with Gasteiger partial charge in [-0.05, 0) is 66.1 Å². The van der Waals surface area contributed by atoms with Gasteiger partial charge in [-0.3, -0.25) is 0 Å². The van der Waals surface area contributed by atoms with Gasteiger partial charge >= 0.3 is 0 Å². The lowest BCUT2D eigenvalue weighted by Gasteiger charge is -2.34. The van der Waals surface area contributed by atoms with Crippen molar-refractivity contribution in [3.63, 3.8) is 0 Å². The van der Waals surface area contributed by atoms with E-state index < -0.39 is 0 Å². The van der Waals surface area contributed by atoms with Crippen LogP contribution < -0.4 is 4.90 Å². The van der Waals surface area contributed by atoms with Gasteiger partial charge in [0.1, 0.15) is 5.82 Å². The van der Waals surface area contributed by atoms with Crippen LogP contribution in [0.3, 0.4) is 0 Å². The first-order chi connectivity index (χ1) is 7.69. The molecule has 0 atom stereocenters. The minimum absolute atomic E-state index is 0.668. The van der Waals surface area contributed by atoms with E-state index in [1.54, 1.807) is 0 Å². The van der Waals surface area contributed by atoms with Crippen molar-refractivity contribution in [1.29, 1.82) is 0 Å². The van der Waals surface area contributed by atoms with Crippen LogP contribution in [0.4, 0.5) is 5.82 Å². The van der Waals surface area contributed by atoms with Gasteiger partial charge in [0.05, 0.1) is 5.69 Å². The second-order valence-corrected chi connectivity index (χ2v) is 6.12. The highest BCUT2D eigenvalue weighted by molar-refractivity contribution is 9.10. The minimum atomic E-state index is 0.668. The Morgan fingerprint density at radius 1 is 1.31 bits per heavy atom. The molecule has 1 aliphatic heterocycles. The second-order valence-electron chi connectivity index (χ2n) is 5.26. The summed E-state index contributed by atoms with van der Waals surface area (Å²) in [6.45, 7) is 4.46. The van der Waals surface area contributed by atoms with E-state index in [0.29, 0.717) is 5.41 Å². The van der Waals surface area contributed by atoms with Gasteiger partial charge in [-0.1, -0.05) is 0 Å². The molecule has 1 aromatic heterocycles. The summed E-state index contributed by atoms with van der Waals surface area (Å²) in [6.07, 6.45) is 5.62. The lowest BCUT2D eigenvalue weighted by molar-refractivity contribution is 0.393. The first kappa shape index (κ1) is 10.6. The molecule has 0 bridgehead atoms. The molecule has 0 unspecified atom stereocenters. The molecule has 3 rings (SSSR count). The summed E-state index contributed by atoms with van der Waals surface area (Å²) >= 11 is 3.51. The van der Waals surface area contributed by atoms with Crippen LogP contribution in [0.1, 0.15) is 31.4 Å². The van der Waals surface area contributed by atoms with Crippen molar-refractivity contribution >= 4 is 21.7 Å². The molecule has 0 radical (unpaired) electrons. The molecule has 0 N–H and O–H groups in total. The van der Waals surface area contributed by atoms with Crippen LogP contribution in [0.2, 0.25) is 0 Å². The third-order valence-electron chi connectivity index (χ3n) is 3.95. The SMILES string of the molecule is Cc1nc(N2CCCC3(CC3)C2)ccc1Br. The molecule has 0 aromatic carbocycles. The van der Waals surface area contributed by atoms with Gasteiger partial charge in [-0.15, -0.1) is 0 Å². The summed E-state index contributed by atoms with van der Waals surface area (Å²) in [4.78, 5) is 7.14. The Balaban J connectivity index is 1.83. The standard InChI is InChI=1S/C13H17BrN2/c1-10-11(14)3-4-12(15-10)16-8-2-5-13(9-16)6-7-13/h3-4H,2,5-9H2,1H3. The van der Waals surface area contributed by atoms with E-state index in [-0.39, 0.29) is 0 Å². The minimum Gasteiger partial charge on any atom is -0.356 e. The Labute approximate surface area is 105 Å². The summed E-state index contributed by atoms with van der Waals surface area (Å²) in [5.74, 6) is 1.16. The van der Waals surface area contributed by atoms with Crippen molar-refractivity contribution in [3.05, 3.63) is 22.3 Å². The number of nitrogens with zero attached hydrogens (tertiary/aromatic N) is 2. The Morgan fingerprint density at radius 2 is 2.12 bits per heavy atom. The predicted octanol–water partition coefficient (Wildman–Crippen LogP) is 3.53. The number of rotatable bonds is 1. The van der Waals surface area contributed by atoms with Gasteiger partial charge < -0.3 is 4.90 Å². The Kier molecular flexibility index (Phi) is 2.46. The van der Waals surface area contributed by atoms with E-state index in [2.05, 4.69) is 44.9 Å². The molecule has 1 saturated carbocycles. The molecule has 2 nitrogen and oxygen atoms in total. The van der Waals surface area contributed by atoms with Crippen LogP contribution in [0.15, 0.2) is 16.6 Å². The van der Waals surface area contributed by atoms with Crippen LogP contribution >= 0.6 is 15.9 Å². The maximum absolute atomic E-state index is 4.67. The molecule has 1 saturated heterocycles. The van der Waals surface area contributed by atoms with Gasteiger partial charge in [-0.25, -0.2) is 4.98 Å². The largest absolute Gasteiger partial charge is 0.356 e.